The van der Waals surface area contributed by atoms with Gasteiger partial charge in [0.1, 0.15) is 5.82 Å². The van der Waals surface area contributed by atoms with Gasteiger partial charge in [-0.2, -0.15) is 0 Å². The van der Waals surface area contributed by atoms with Crippen LogP contribution in [-0.2, 0) is 13.6 Å². The number of halogens is 1. The van der Waals surface area contributed by atoms with E-state index in [-0.39, 0.29) is 18.0 Å². The van der Waals surface area contributed by atoms with Crippen LogP contribution < -0.4 is 0 Å². The molecule has 2 aromatic rings. The molecule has 0 saturated carbocycles. The molecule has 2 atom stereocenters. The lowest BCUT2D eigenvalue weighted by Gasteiger charge is -2.23. The van der Waals surface area contributed by atoms with Gasteiger partial charge < -0.3 is 5.11 Å². The lowest BCUT2D eigenvalue weighted by molar-refractivity contribution is 0.170. The Morgan fingerprint density at radius 2 is 2.10 bits per heavy atom. The molecule has 1 N–H and O–H groups in total. The number of aliphatic hydroxyl groups is 1. The van der Waals surface area contributed by atoms with Gasteiger partial charge in [-0.1, -0.05) is 12.1 Å². The first kappa shape index (κ1) is 13.1. The van der Waals surface area contributed by atoms with Gasteiger partial charge >= 0.3 is 0 Å². The molecular formula is C13H16FN5O. The van der Waals surface area contributed by atoms with E-state index in [2.05, 4.69) is 20.4 Å². The quantitative estimate of drug-likeness (QED) is 0.892. The maximum Gasteiger partial charge on any atom is 0.165 e. The number of hydrogen-bond donors (Lipinski definition) is 1. The van der Waals surface area contributed by atoms with Crippen LogP contribution in [0, 0.1) is 5.82 Å². The molecule has 0 radical (unpaired) electrons. The third-order valence-corrected chi connectivity index (χ3v) is 3.69. The first-order chi connectivity index (χ1) is 9.63. The molecule has 0 spiro atoms. The summed E-state index contributed by atoms with van der Waals surface area (Å²) in [6.07, 6.45) is 0.253. The van der Waals surface area contributed by atoms with E-state index in [1.54, 1.807) is 23.9 Å². The second kappa shape index (κ2) is 5.26. The fourth-order valence-electron chi connectivity index (χ4n) is 2.65. The van der Waals surface area contributed by atoms with E-state index in [1.165, 1.54) is 12.1 Å². The number of aliphatic hydroxyl groups excluding tert-OH is 1. The van der Waals surface area contributed by atoms with E-state index in [1.807, 2.05) is 0 Å². The molecular weight excluding hydrogens is 261 g/mol. The van der Waals surface area contributed by atoms with Gasteiger partial charge in [-0.25, -0.2) is 9.07 Å². The molecule has 0 bridgehead atoms. The van der Waals surface area contributed by atoms with Crippen molar-refractivity contribution in [1.29, 1.82) is 0 Å². The molecule has 1 aromatic heterocycles. The van der Waals surface area contributed by atoms with Gasteiger partial charge in [0.15, 0.2) is 5.82 Å². The summed E-state index contributed by atoms with van der Waals surface area (Å²) in [5, 5.41) is 21.3. The lowest BCUT2D eigenvalue weighted by Crippen LogP contribution is -2.26. The van der Waals surface area contributed by atoms with Crippen LogP contribution in [0.1, 0.15) is 23.9 Å². The summed E-state index contributed by atoms with van der Waals surface area (Å²) in [6.45, 7) is 1.12. The molecule has 1 saturated heterocycles. The minimum atomic E-state index is -0.383. The Kier molecular flexibility index (Phi) is 3.45. The topological polar surface area (TPSA) is 67.1 Å². The van der Waals surface area contributed by atoms with Crippen molar-refractivity contribution in [2.75, 3.05) is 6.54 Å². The van der Waals surface area contributed by atoms with Crippen LogP contribution in [0.25, 0.3) is 0 Å². The highest BCUT2D eigenvalue weighted by Crippen LogP contribution is 2.33. The van der Waals surface area contributed by atoms with E-state index in [0.717, 1.165) is 11.4 Å². The van der Waals surface area contributed by atoms with Crippen molar-refractivity contribution in [2.24, 2.45) is 7.05 Å². The van der Waals surface area contributed by atoms with Crippen molar-refractivity contribution >= 4 is 0 Å². The Bertz CT molecular complexity index is 585. The smallest absolute Gasteiger partial charge is 0.165 e. The van der Waals surface area contributed by atoms with E-state index in [4.69, 9.17) is 0 Å². The number of tetrazole rings is 1. The third kappa shape index (κ3) is 2.54. The van der Waals surface area contributed by atoms with Gasteiger partial charge in [0.25, 0.3) is 0 Å². The average Bonchev–Trinajstić information content (AvgIpc) is 2.98. The zero-order chi connectivity index (χ0) is 14.1. The maximum atomic E-state index is 13.0. The predicted molar refractivity (Wildman–Crippen MR) is 69.0 cm³/mol. The molecule has 7 heteroatoms. The summed E-state index contributed by atoms with van der Waals surface area (Å²) >= 11 is 0. The highest BCUT2D eigenvalue weighted by Gasteiger charge is 2.32. The summed E-state index contributed by atoms with van der Waals surface area (Å²) in [7, 11) is 1.79. The average molecular weight is 277 g/mol. The van der Waals surface area contributed by atoms with Crippen molar-refractivity contribution in [1.82, 2.24) is 25.1 Å². The van der Waals surface area contributed by atoms with Crippen LogP contribution >= 0.6 is 0 Å². The minimum Gasteiger partial charge on any atom is -0.392 e. The Labute approximate surface area is 115 Å². The van der Waals surface area contributed by atoms with Gasteiger partial charge in [-0.15, -0.1) is 5.10 Å². The van der Waals surface area contributed by atoms with Crippen molar-refractivity contribution in [3.8, 4) is 0 Å². The molecule has 6 nitrogen and oxygen atoms in total. The van der Waals surface area contributed by atoms with Crippen LogP contribution in [0.5, 0.6) is 0 Å². The van der Waals surface area contributed by atoms with Crippen LogP contribution in [-0.4, -0.2) is 42.9 Å². The van der Waals surface area contributed by atoms with E-state index >= 15 is 0 Å². The largest absolute Gasteiger partial charge is 0.392 e. The second-order valence-electron chi connectivity index (χ2n) is 5.11. The Morgan fingerprint density at radius 3 is 2.75 bits per heavy atom. The van der Waals surface area contributed by atoms with E-state index < -0.39 is 0 Å². The zero-order valence-corrected chi connectivity index (χ0v) is 11.1. The standard InChI is InChI=1S/C13H16FN5O/c1-18-13(15-16-17-18)8-19-7-11(20)6-12(19)9-2-4-10(14)5-3-9/h2-5,11-12,20H,6-8H2,1H3/t11-,12+/m0/s1. The van der Waals surface area contributed by atoms with E-state index in [0.29, 0.717) is 19.5 Å². The molecule has 0 amide bonds. The Hall–Kier alpha value is -1.86. The number of aryl methyl sites for hydroxylation is 1. The van der Waals surface area contributed by atoms with Crippen LogP contribution in [0.3, 0.4) is 0 Å². The fourth-order valence-corrected chi connectivity index (χ4v) is 2.65. The molecule has 20 heavy (non-hydrogen) atoms. The van der Waals surface area contributed by atoms with Gasteiger partial charge in [-0.05, 0) is 34.5 Å². The molecule has 1 fully saturated rings. The van der Waals surface area contributed by atoms with Gasteiger partial charge in [-0.3, -0.25) is 4.90 Å². The molecule has 1 aromatic carbocycles. The van der Waals surface area contributed by atoms with Crippen LogP contribution in [0.15, 0.2) is 24.3 Å². The van der Waals surface area contributed by atoms with Crippen LogP contribution in [0.4, 0.5) is 4.39 Å². The molecule has 1 aliphatic rings. The summed E-state index contributed by atoms with van der Waals surface area (Å²) in [5.74, 6) is 0.488. The summed E-state index contributed by atoms with van der Waals surface area (Å²) in [6, 6.07) is 6.48. The molecule has 2 heterocycles. The first-order valence-electron chi connectivity index (χ1n) is 6.52. The van der Waals surface area contributed by atoms with Crippen molar-refractivity contribution < 1.29 is 9.50 Å². The number of nitrogens with zero attached hydrogens (tertiary/aromatic N) is 5. The van der Waals surface area contributed by atoms with Gasteiger partial charge in [0.2, 0.25) is 0 Å². The summed E-state index contributed by atoms with van der Waals surface area (Å²) in [5.41, 5.74) is 0.998. The molecule has 0 unspecified atom stereocenters. The number of β-amino-alcohol motifs (C(OH)–C–C–N with tert-alkyl or cyclic N) is 1. The van der Waals surface area contributed by atoms with Crippen molar-refractivity contribution in [2.45, 2.75) is 25.1 Å². The van der Waals surface area contributed by atoms with Crippen molar-refractivity contribution in [3.05, 3.63) is 41.5 Å². The Morgan fingerprint density at radius 1 is 1.35 bits per heavy atom. The number of benzene rings is 1. The number of hydrogen-bond acceptors (Lipinski definition) is 5. The fraction of sp³-hybridized carbons (Fsp3) is 0.462. The van der Waals surface area contributed by atoms with Crippen LogP contribution in [0.2, 0.25) is 0 Å². The number of rotatable bonds is 3. The van der Waals surface area contributed by atoms with Gasteiger partial charge in [0.05, 0.1) is 12.6 Å². The normalized spacial score (nSPS) is 23.4. The summed E-state index contributed by atoms with van der Waals surface area (Å²) < 4.78 is 14.6. The lowest BCUT2D eigenvalue weighted by atomic mass is 10.0. The third-order valence-electron chi connectivity index (χ3n) is 3.69. The number of aromatic nitrogens is 4. The SMILES string of the molecule is Cn1nnnc1CN1C[C@@H](O)C[C@@H]1c1ccc(F)cc1. The highest BCUT2D eigenvalue weighted by atomic mass is 19.1. The zero-order valence-electron chi connectivity index (χ0n) is 11.1. The van der Waals surface area contributed by atoms with E-state index in [9.17, 15) is 9.50 Å². The number of likely N-dealkylation sites (tertiary alicyclic amines) is 1. The molecule has 1 aliphatic heterocycles. The van der Waals surface area contributed by atoms with Gasteiger partial charge in [0, 0.05) is 19.6 Å². The first-order valence-corrected chi connectivity index (χ1v) is 6.52. The molecule has 106 valence electrons. The summed E-state index contributed by atoms with van der Waals surface area (Å²) in [4.78, 5) is 2.11. The second-order valence-corrected chi connectivity index (χ2v) is 5.11. The minimum absolute atomic E-state index is 0.0577. The monoisotopic (exact) mass is 277 g/mol. The predicted octanol–water partition coefficient (Wildman–Crippen LogP) is 0.657. The molecule has 3 rings (SSSR count). The maximum absolute atomic E-state index is 13.0. The van der Waals surface area contributed by atoms with Crippen molar-refractivity contribution in [3.63, 3.8) is 0 Å². The Balaban J connectivity index is 1.81. The highest BCUT2D eigenvalue weighted by molar-refractivity contribution is 5.21. The molecule has 0 aliphatic carbocycles.